The van der Waals surface area contributed by atoms with E-state index in [1.165, 1.54) is 5.56 Å². The molecule has 1 fully saturated rings. The molecule has 8 nitrogen and oxygen atoms in total. The van der Waals surface area contributed by atoms with Crippen molar-refractivity contribution in [1.29, 1.82) is 0 Å². The number of carbonyl (C=O) groups is 1. The topological polar surface area (TPSA) is 80.3 Å². The van der Waals surface area contributed by atoms with Crippen molar-refractivity contribution in [3.63, 3.8) is 0 Å². The Labute approximate surface area is 192 Å². The summed E-state index contributed by atoms with van der Waals surface area (Å²) in [5, 5.41) is 8.50. The van der Waals surface area contributed by atoms with E-state index in [9.17, 15) is 4.79 Å². The first-order valence-electron chi connectivity index (χ1n) is 11.1. The largest absolute Gasteiger partial charge is 0.340 e. The van der Waals surface area contributed by atoms with E-state index >= 15 is 0 Å². The van der Waals surface area contributed by atoms with E-state index in [2.05, 4.69) is 20.1 Å². The minimum Gasteiger partial charge on any atom is -0.340 e. The van der Waals surface area contributed by atoms with E-state index in [4.69, 9.17) is 4.52 Å². The van der Waals surface area contributed by atoms with Crippen molar-refractivity contribution >= 4 is 5.91 Å². The van der Waals surface area contributed by atoms with Crippen LogP contribution in [0.5, 0.6) is 0 Å². The third kappa shape index (κ3) is 5.01. The van der Waals surface area contributed by atoms with Crippen molar-refractivity contribution < 1.29 is 9.32 Å². The van der Waals surface area contributed by atoms with Crippen molar-refractivity contribution in [1.82, 2.24) is 29.7 Å². The Bertz CT molecular complexity index is 1210. The summed E-state index contributed by atoms with van der Waals surface area (Å²) >= 11 is 0. The highest BCUT2D eigenvalue weighted by Gasteiger charge is 2.23. The van der Waals surface area contributed by atoms with Gasteiger partial charge in [0.25, 0.3) is 0 Å². The predicted molar refractivity (Wildman–Crippen MR) is 124 cm³/mol. The van der Waals surface area contributed by atoms with Gasteiger partial charge >= 0.3 is 0 Å². The van der Waals surface area contributed by atoms with Crippen LogP contribution in [0.4, 0.5) is 0 Å². The van der Waals surface area contributed by atoms with Crippen LogP contribution in [0.25, 0.3) is 17.1 Å². The zero-order valence-corrected chi connectivity index (χ0v) is 18.6. The van der Waals surface area contributed by atoms with Gasteiger partial charge in [-0.05, 0) is 24.6 Å². The van der Waals surface area contributed by atoms with E-state index in [1.807, 2.05) is 72.6 Å². The van der Waals surface area contributed by atoms with Gasteiger partial charge in [-0.15, -0.1) is 0 Å². The van der Waals surface area contributed by atoms with Crippen molar-refractivity contribution in [3.8, 4) is 17.1 Å². The number of rotatable bonds is 6. The molecule has 4 aromatic rings. The molecule has 5 rings (SSSR count). The number of aromatic nitrogens is 4. The van der Waals surface area contributed by atoms with Gasteiger partial charge in [-0.2, -0.15) is 10.1 Å². The number of amides is 1. The maximum atomic E-state index is 12.8. The summed E-state index contributed by atoms with van der Waals surface area (Å²) in [7, 11) is 0. The lowest BCUT2D eigenvalue weighted by atomic mass is 10.1. The fourth-order valence-electron chi connectivity index (χ4n) is 3.95. The molecular formula is C25H26N6O2. The zero-order chi connectivity index (χ0) is 22.6. The van der Waals surface area contributed by atoms with Gasteiger partial charge < -0.3 is 9.42 Å². The Kier molecular flexibility index (Phi) is 5.99. The van der Waals surface area contributed by atoms with Crippen LogP contribution in [0.15, 0.2) is 71.5 Å². The number of piperazine rings is 1. The third-order valence-corrected chi connectivity index (χ3v) is 5.87. The Balaban J connectivity index is 1.12. The molecule has 0 N–H and O–H groups in total. The molecule has 0 unspecified atom stereocenters. The first-order valence-corrected chi connectivity index (χ1v) is 11.1. The molecule has 1 aliphatic heterocycles. The molecular weight excluding hydrogens is 416 g/mol. The van der Waals surface area contributed by atoms with E-state index in [0.29, 0.717) is 37.8 Å². The van der Waals surface area contributed by atoms with Gasteiger partial charge in [0.15, 0.2) is 0 Å². The maximum Gasteiger partial charge on any atom is 0.241 e. The second kappa shape index (κ2) is 9.38. The summed E-state index contributed by atoms with van der Waals surface area (Å²) < 4.78 is 7.25. The summed E-state index contributed by atoms with van der Waals surface area (Å²) in [6.45, 7) is 5.56. The lowest BCUT2D eigenvalue weighted by Crippen LogP contribution is -2.48. The predicted octanol–water partition coefficient (Wildman–Crippen LogP) is 3.12. The Morgan fingerprint density at radius 2 is 1.76 bits per heavy atom. The number of hydrogen-bond acceptors (Lipinski definition) is 6. The molecule has 0 radical (unpaired) electrons. The van der Waals surface area contributed by atoms with Crippen LogP contribution >= 0.6 is 0 Å². The molecule has 2 aromatic heterocycles. The number of hydrogen-bond donors (Lipinski definition) is 0. The maximum absolute atomic E-state index is 12.8. The molecule has 2 aromatic carbocycles. The van der Waals surface area contributed by atoms with Crippen molar-refractivity contribution in [2.45, 2.75) is 19.9 Å². The Hall–Kier alpha value is -3.78. The standard InChI is InChI=1S/C25H26N6O2/c1-19-7-9-21(10-8-19)25-27-23(33-28-25)18-29-11-13-30(14-12-29)24(32)15-20-16-26-31(17-20)22-5-3-2-4-6-22/h2-10,16-17H,11-15,18H2,1H3. The van der Waals surface area contributed by atoms with Gasteiger partial charge in [0.05, 0.1) is 24.8 Å². The van der Waals surface area contributed by atoms with Crippen LogP contribution in [0.3, 0.4) is 0 Å². The minimum absolute atomic E-state index is 0.127. The van der Waals surface area contributed by atoms with Gasteiger partial charge in [-0.3, -0.25) is 9.69 Å². The summed E-state index contributed by atoms with van der Waals surface area (Å²) in [6, 6.07) is 18.0. The van der Waals surface area contributed by atoms with Crippen LogP contribution in [-0.2, 0) is 17.8 Å². The van der Waals surface area contributed by atoms with Gasteiger partial charge in [0.2, 0.25) is 17.6 Å². The molecule has 0 saturated carbocycles. The third-order valence-electron chi connectivity index (χ3n) is 5.87. The highest BCUT2D eigenvalue weighted by Crippen LogP contribution is 2.17. The summed E-state index contributed by atoms with van der Waals surface area (Å²) in [6.07, 6.45) is 4.05. The van der Waals surface area contributed by atoms with Gasteiger partial charge in [-0.25, -0.2) is 4.68 Å². The molecule has 33 heavy (non-hydrogen) atoms. The highest BCUT2D eigenvalue weighted by atomic mass is 16.5. The Morgan fingerprint density at radius 1 is 1.00 bits per heavy atom. The number of para-hydroxylation sites is 1. The summed E-state index contributed by atoms with van der Waals surface area (Å²) in [5.74, 6) is 1.33. The normalized spacial score (nSPS) is 14.5. The fourth-order valence-corrected chi connectivity index (χ4v) is 3.95. The van der Waals surface area contributed by atoms with Gasteiger partial charge in [-0.1, -0.05) is 53.2 Å². The highest BCUT2D eigenvalue weighted by molar-refractivity contribution is 5.78. The Morgan fingerprint density at radius 3 is 2.52 bits per heavy atom. The quantitative estimate of drug-likeness (QED) is 0.457. The van der Waals surface area contributed by atoms with E-state index in [0.717, 1.165) is 29.9 Å². The summed E-state index contributed by atoms with van der Waals surface area (Å²) in [4.78, 5) is 21.5. The van der Waals surface area contributed by atoms with Crippen LogP contribution in [0.2, 0.25) is 0 Å². The van der Waals surface area contributed by atoms with Crippen molar-refractivity contribution in [2.24, 2.45) is 0 Å². The second-order valence-electron chi connectivity index (χ2n) is 8.34. The monoisotopic (exact) mass is 442 g/mol. The molecule has 0 bridgehead atoms. The average Bonchev–Trinajstić information content (AvgIpc) is 3.51. The fraction of sp³-hybridized carbons (Fsp3) is 0.280. The van der Waals surface area contributed by atoms with Crippen LogP contribution in [0, 0.1) is 6.92 Å². The first-order chi connectivity index (χ1) is 16.1. The van der Waals surface area contributed by atoms with Crippen molar-refractivity contribution in [2.75, 3.05) is 26.2 Å². The number of carbonyl (C=O) groups excluding carboxylic acids is 1. The van der Waals surface area contributed by atoms with Crippen LogP contribution < -0.4 is 0 Å². The molecule has 3 heterocycles. The zero-order valence-electron chi connectivity index (χ0n) is 18.6. The molecule has 1 aliphatic rings. The lowest BCUT2D eigenvalue weighted by molar-refractivity contribution is -0.132. The first kappa shape index (κ1) is 21.1. The van der Waals surface area contributed by atoms with Crippen molar-refractivity contribution in [3.05, 3.63) is 84.0 Å². The average molecular weight is 443 g/mol. The molecule has 0 aliphatic carbocycles. The van der Waals surface area contributed by atoms with Crippen LogP contribution in [-0.4, -0.2) is 61.8 Å². The molecule has 1 saturated heterocycles. The second-order valence-corrected chi connectivity index (χ2v) is 8.34. The summed E-state index contributed by atoms with van der Waals surface area (Å²) in [5.41, 5.74) is 4.04. The van der Waals surface area contributed by atoms with E-state index < -0.39 is 0 Å². The smallest absolute Gasteiger partial charge is 0.241 e. The van der Waals surface area contributed by atoms with Gasteiger partial charge in [0, 0.05) is 37.9 Å². The number of nitrogens with zero attached hydrogens (tertiary/aromatic N) is 6. The molecule has 168 valence electrons. The molecule has 1 amide bonds. The number of benzene rings is 2. The SMILES string of the molecule is Cc1ccc(-c2noc(CN3CCN(C(=O)Cc4cnn(-c5ccccc5)c4)CC3)n2)cc1. The molecule has 0 atom stereocenters. The minimum atomic E-state index is 0.127. The van der Waals surface area contributed by atoms with E-state index in [1.54, 1.807) is 10.9 Å². The van der Waals surface area contributed by atoms with E-state index in [-0.39, 0.29) is 5.91 Å². The molecule has 8 heteroatoms. The lowest BCUT2D eigenvalue weighted by Gasteiger charge is -2.33. The number of aryl methyl sites for hydroxylation is 1. The molecule has 0 spiro atoms. The van der Waals surface area contributed by atoms with Crippen LogP contribution in [0.1, 0.15) is 17.0 Å². The van der Waals surface area contributed by atoms with Gasteiger partial charge in [0.1, 0.15) is 0 Å².